The van der Waals surface area contributed by atoms with Gasteiger partial charge in [0.15, 0.2) is 0 Å². The maximum absolute atomic E-state index is 6.38. The molecule has 0 aromatic rings. The summed E-state index contributed by atoms with van der Waals surface area (Å²) in [7, 11) is -6.34. The Morgan fingerprint density at radius 1 is 0.645 bits per heavy atom. The summed E-state index contributed by atoms with van der Waals surface area (Å²) in [6, 6.07) is 2.56. The Morgan fingerprint density at radius 2 is 1.03 bits per heavy atom. The van der Waals surface area contributed by atoms with Crippen LogP contribution in [0.15, 0.2) is 0 Å². The van der Waals surface area contributed by atoms with E-state index in [1.54, 1.807) is 0 Å². The van der Waals surface area contributed by atoms with Gasteiger partial charge in [-0.25, -0.2) is 0 Å². The Hall–Kier alpha value is 0.708. The van der Waals surface area contributed by atoms with Gasteiger partial charge in [-0.1, -0.05) is 20.3 Å². The second-order valence-corrected chi connectivity index (χ2v) is 38.8. The van der Waals surface area contributed by atoms with Gasteiger partial charge in [0.05, 0.1) is 11.2 Å². The Morgan fingerprint density at radius 3 is 1.35 bits per heavy atom. The highest BCUT2D eigenvalue weighted by Crippen LogP contribution is 2.40. The molecule has 0 saturated carbocycles. The highest BCUT2D eigenvalue weighted by atomic mass is 29.3. The van der Waals surface area contributed by atoms with Crippen molar-refractivity contribution in [1.82, 2.24) is 0 Å². The average molecular weight is 507 g/mol. The molecule has 31 heavy (non-hydrogen) atoms. The molecular formula is C23H54O4Si4. The minimum Gasteiger partial charge on any atom is -0.417 e. The molecule has 186 valence electrons. The van der Waals surface area contributed by atoms with Crippen LogP contribution in [0.2, 0.25) is 51.4 Å². The van der Waals surface area contributed by atoms with Crippen molar-refractivity contribution < 1.29 is 17.7 Å². The van der Waals surface area contributed by atoms with Gasteiger partial charge in [0.25, 0.3) is 0 Å². The van der Waals surface area contributed by atoms with E-state index in [0.29, 0.717) is 0 Å². The normalized spacial score (nSPS) is 33.3. The molecule has 2 rings (SSSR count). The summed E-state index contributed by atoms with van der Waals surface area (Å²) in [6.07, 6.45) is 5.86. The second-order valence-electron chi connectivity index (χ2n) is 12.3. The minimum absolute atomic E-state index is 0.0797. The second kappa shape index (κ2) is 11.0. The van der Waals surface area contributed by atoms with Crippen molar-refractivity contribution in [3.05, 3.63) is 0 Å². The fourth-order valence-corrected chi connectivity index (χ4v) is 23.6. The molecule has 0 aliphatic carbocycles. The third-order valence-electron chi connectivity index (χ3n) is 7.56. The zero-order chi connectivity index (χ0) is 24.2. The Kier molecular flexibility index (Phi) is 10.5. The summed E-state index contributed by atoms with van der Waals surface area (Å²) in [5.41, 5.74) is 0.161. The average Bonchev–Trinajstić information content (AvgIpc) is 2.60. The molecule has 4 nitrogen and oxygen atoms in total. The lowest BCUT2D eigenvalue weighted by Gasteiger charge is -2.50. The van der Waals surface area contributed by atoms with Crippen LogP contribution in [-0.2, 0) is 17.7 Å². The smallest absolute Gasteiger partial charge is 0.207 e. The van der Waals surface area contributed by atoms with E-state index in [1.165, 1.54) is 24.9 Å². The first-order chi connectivity index (χ1) is 13.9. The van der Waals surface area contributed by atoms with Gasteiger partial charge in [0.1, 0.15) is 0 Å². The van der Waals surface area contributed by atoms with E-state index in [0.717, 1.165) is 32.5 Å². The van der Waals surface area contributed by atoms with E-state index < -0.39 is 31.3 Å². The van der Waals surface area contributed by atoms with Crippen LogP contribution in [-0.4, -0.2) is 55.8 Å². The van der Waals surface area contributed by atoms with E-state index in [2.05, 4.69) is 80.8 Å². The summed E-state index contributed by atoms with van der Waals surface area (Å²) in [6.45, 7) is 29.3. The molecule has 0 N–H and O–H groups in total. The van der Waals surface area contributed by atoms with Crippen LogP contribution in [0, 0.1) is 0 Å². The van der Waals surface area contributed by atoms with Gasteiger partial charge in [-0.15, -0.1) is 0 Å². The van der Waals surface area contributed by atoms with Crippen LogP contribution in [0.5, 0.6) is 0 Å². The van der Waals surface area contributed by atoms with Crippen molar-refractivity contribution in [2.45, 2.75) is 136 Å². The number of hydrogen-bond donors (Lipinski definition) is 0. The molecule has 2 atom stereocenters. The van der Waals surface area contributed by atoms with E-state index in [9.17, 15) is 0 Å². The molecule has 2 unspecified atom stereocenters. The van der Waals surface area contributed by atoms with Crippen LogP contribution in [0.4, 0.5) is 0 Å². The molecule has 0 bridgehead atoms. The molecule has 0 radical (unpaired) electrons. The van der Waals surface area contributed by atoms with E-state index in [1.807, 2.05) is 0 Å². The zero-order valence-electron chi connectivity index (χ0n) is 23.0. The van der Waals surface area contributed by atoms with Gasteiger partial charge < -0.3 is 17.7 Å². The van der Waals surface area contributed by atoms with Crippen LogP contribution in [0.1, 0.15) is 73.6 Å². The topological polar surface area (TPSA) is 36.9 Å². The maximum Gasteiger partial charge on any atom is 0.207 e. The summed E-state index contributed by atoms with van der Waals surface area (Å²) in [4.78, 5) is 0. The van der Waals surface area contributed by atoms with Crippen molar-refractivity contribution in [3.8, 4) is 0 Å². The summed E-state index contributed by atoms with van der Waals surface area (Å²) < 4.78 is 25.2. The first kappa shape index (κ1) is 29.7. The molecule has 0 aromatic carbocycles. The van der Waals surface area contributed by atoms with E-state index in [-0.39, 0.29) is 11.2 Å². The third-order valence-corrected chi connectivity index (χ3v) is 37.1. The fraction of sp³-hybridized carbons (Fsp3) is 1.00. The highest BCUT2D eigenvalue weighted by molar-refractivity contribution is 7.36. The first-order valence-corrected chi connectivity index (χ1v) is 25.7. The van der Waals surface area contributed by atoms with Crippen LogP contribution in [0.3, 0.4) is 0 Å². The van der Waals surface area contributed by atoms with Crippen molar-refractivity contribution >= 4 is 31.3 Å². The van der Waals surface area contributed by atoms with E-state index >= 15 is 0 Å². The molecule has 2 saturated heterocycles. The lowest BCUT2D eigenvalue weighted by molar-refractivity contribution is 0.0854. The molecule has 8 heteroatoms. The molecule has 2 heterocycles. The number of hydrogen-bond acceptors (Lipinski definition) is 4. The predicted octanol–water partition coefficient (Wildman–Crippen LogP) is 7.33. The molecule has 2 fully saturated rings. The van der Waals surface area contributed by atoms with Crippen LogP contribution >= 0.6 is 0 Å². The van der Waals surface area contributed by atoms with Gasteiger partial charge >= 0.3 is 0 Å². The highest BCUT2D eigenvalue weighted by Gasteiger charge is 2.56. The fourth-order valence-electron chi connectivity index (χ4n) is 4.64. The van der Waals surface area contributed by atoms with Crippen LogP contribution < -0.4 is 0 Å². The van der Waals surface area contributed by atoms with Gasteiger partial charge in [-0.2, -0.15) is 0 Å². The number of unbranched alkanes of at least 4 members (excludes halogenated alkanes) is 1. The Bertz CT molecular complexity index is 568. The predicted molar refractivity (Wildman–Crippen MR) is 144 cm³/mol. The van der Waals surface area contributed by atoms with Crippen molar-refractivity contribution in [2.75, 3.05) is 13.2 Å². The number of rotatable bonds is 7. The van der Waals surface area contributed by atoms with E-state index in [4.69, 9.17) is 17.7 Å². The molecule has 2 aliphatic heterocycles. The zero-order valence-corrected chi connectivity index (χ0v) is 27.0. The lowest BCUT2D eigenvalue weighted by Crippen LogP contribution is -2.67. The minimum atomic E-state index is -1.61. The summed E-state index contributed by atoms with van der Waals surface area (Å²) in [5.74, 6) is 0. The van der Waals surface area contributed by atoms with Gasteiger partial charge in [0, 0.05) is 13.2 Å². The molecule has 2 aliphatic rings. The molecule has 0 aromatic heterocycles. The van der Waals surface area contributed by atoms with Crippen molar-refractivity contribution in [1.29, 1.82) is 0 Å². The van der Waals surface area contributed by atoms with Gasteiger partial charge in [-0.3, -0.25) is 0 Å². The lowest BCUT2D eigenvalue weighted by atomic mass is 10.1. The van der Waals surface area contributed by atoms with Gasteiger partial charge in [0.2, 0.25) is 31.3 Å². The van der Waals surface area contributed by atoms with Crippen LogP contribution in [0.25, 0.3) is 0 Å². The summed E-state index contributed by atoms with van der Waals surface area (Å²) >= 11 is 0. The molecular weight excluding hydrogens is 453 g/mol. The van der Waals surface area contributed by atoms with Crippen molar-refractivity contribution in [3.63, 3.8) is 0 Å². The SMILES string of the molecule is CCCCO[Si]1(C)CCC(C)(C)O[Si]1(C)C.CCCO[Si]1(C)CCC(C)(C)O[Si]1(C)C. The first-order valence-electron chi connectivity index (χ1n) is 12.6. The molecule has 0 amide bonds. The maximum atomic E-state index is 6.38. The van der Waals surface area contributed by atoms with Gasteiger partial charge in [-0.05, 0) is 105 Å². The standard InChI is InChI=1S/C12H28O2Si2.C11H26O2Si2/c1-7-8-10-13-16(6)11-9-12(2,3)14-15(16,4)5;1-7-9-12-15(6)10-8-11(2,3)13-14(15,4)5/h7-11H2,1-6H3;7-10H2,1-6H3. The third kappa shape index (κ3) is 8.15. The monoisotopic (exact) mass is 506 g/mol. The summed E-state index contributed by atoms with van der Waals surface area (Å²) in [5, 5.41) is 0. The molecule has 0 spiro atoms. The Labute approximate surface area is 198 Å². The quantitative estimate of drug-likeness (QED) is 0.267. The largest absolute Gasteiger partial charge is 0.417 e. The van der Waals surface area contributed by atoms with Crippen molar-refractivity contribution in [2.24, 2.45) is 0 Å². The Balaban J connectivity index is 0.000000311.